The van der Waals surface area contributed by atoms with E-state index in [2.05, 4.69) is 15.6 Å². The molecule has 0 saturated heterocycles. The standard InChI is InChI=1S/C20H31N3O6/c1-12(2)10-14(23-19(27)29-20(3,4)5)17(25)22-15(18(26)28-6)11-13-8-7-9-21-16(13)24/h7-9,12,14-15H,10-11H2,1-6H3,(H,21,24)(H,22,25)(H,23,27)/t14-,15?/m0/s1. The molecule has 1 aromatic rings. The zero-order valence-corrected chi connectivity index (χ0v) is 17.8. The first-order valence-corrected chi connectivity index (χ1v) is 9.47. The van der Waals surface area contributed by atoms with E-state index >= 15 is 0 Å². The number of ether oxygens (including phenoxy) is 2. The molecule has 3 N–H and O–H groups in total. The van der Waals surface area contributed by atoms with Gasteiger partial charge in [-0.1, -0.05) is 19.9 Å². The summed E-state index contributed by atoms with van der Waals surface area (Å²) in [6, 6.07) is 1.20. The number of aromatic amines is 1. The lowest BCUT2D eigenvalue weighted by molar-refractivity contribution is -0.145. The van der Waals surface area contributed by atoms with Crippen LogP contribution in [0.4, 0.5) is 4.79 Å². The summed E-state index contributed by atoms with van der Waals surface area (Å²) >= 11 is 0. The molecule has 0 radical (unpaired) electrons. The molecule has 9 nitrogen and oxygen atoms in total. The number of esters is 1. The van der Waals surface area contributed by atoms with E-state index in [1.807, 2.05) is 13.8 Å². The van der Waals surface area contributed by atoms with E-state index in [1.165, 1.54) is 13.3 Å². The molecule has 0 bridgehead atoms. The zero-order valence-electron chi connectivity index (χ0n) is 17.8. The van der Waals surface area contributed by atoms with Crippen LogP contribution >= 0.6 is 0 Å². The van der Waals surface area contributed by atoms with Crippen LogP contribution in [0.3, 0.4) is 0 Å². The number of H-pyrrole nitrogens is 1. The van der Waals surface area contributed by atoms with Crippen LogP contribution in [0.5, 0.6) is 0 Å². The van der Waals surface area contributed by atoms with Crippen molar-refractivity contribution in [2.24, 2.45) is 5.92 Å². The number of rotatable bonds is 8. The molecular formula is C20H31N3O6. The van der Waals surface area contributed by atoms with E-state index in [-0.39, 0.29) is 17.9 Å². The molecule has 162 valence electrons. The van der Waals surface area contributed by atoms with Crippen molar-refractivity contribution < 1.29 is 23.9 Å². The van der Waals surface area contributed by atoms with Crippen LogP contribution in [-0.4, -0.2) is 47.7 Å². The van der Waals surface area contributed by atoms with Gasteiger partial charge in [0.25, 0.3) is 5.56 Å². The van der Waals surface area contributed by atoms with E-state index in [9.17, 15) is 19.2 Å². The van der Waals surface area contributed by atoms with E-state index < -0.39 is 35.7 Å². The van der Waals surface area contributed by atoms with Crippen LogP contribution in [0.25, 0.3) is 0 Å². The first kappa shape index (κ1) is 24.2. The van der Waals surface area contributed by atoms with Gasteiger partial charge in [0.2, 0.25) is 5.91 Å². The summed E-state index contributed by atoms with van der Waals surface area (Å²) in [6.45, 7) is 8.95. The number of hydrogen-bond donors (Lipinski definition) is 3. The molecule has 29 heavy (non-hydrogen) atoms. The van der Waals surface area contributed by atoms with Gasteiger partial charge in [0.1, 0.15) is 17.7 Å². The number of carbonyl (C=O) groups is 3. The molecule has 2 amide bonds. The van der Waals surface area contributed by atoms with Gasteiger partial charge >= 0.3 is 12.1 Å². The van der Waals surface area contributed by atoms with Crippen molar-refractivity contribution in [2.75, 3.05) is 7.11 Å². The van der Waals surface area contributed by atoms with Crippen LogP contribution in [0.2, 0.25) is 0 Å². The fourth-order valence-corrected chi connectivity index (χ4v) is 2.60. The summed E-state index contributed by atoms with van der Waals surface area (Å²) in [5.74, 6) is -1.16. The summed E-state index contributed by atoms with van der Waals surface area (Å²) in [5, 5.41) is 5.13. The van der Waals surface area contributed by atoms with E-state index in [1.54, 1.807) is 32.9 Å². The highest BCUT2D eigenvalue weighted by molar-refractivity contribution is 5.89. The molecule has 0 spiro atoms. The minimum Gasteiger partial charge on any atom is -0.467 e. The van der Waals surface area contributed by atoms with Gasteiger partial charge in [0.05, 0.1) is 7.11 Å². The first-order valence-electron chi connectivity index (χ1n) is 9.47. The molecule has 2 atom stereocenters. The van der Waals surface area contributed by atoms with Gasteiger partial charge in [0.15, 0.2) is 0 Å². The predicted molar refractivity (Wildman–Crippen MR) is 107 cm³/mol. The normalized spacial score (nSPS) is 13.3. The highest BCUT2D eigenvalue weighted by Crippen LogP contribution is 2.10. The summed E-state index contributed by atoms with van der Waals surface area (Å²) in [6.07, 6.45) is 1.04. The average Bonchev–Trinajstić information content (AvgIpc) is 2.59. The van der Waals surface area contributed by atoms with Crippen molar-refractivity contribution in [1.29, 1.82) is 0 Å². The highest BCUT2D eigenvalue weighted by atomic mass is 16.6. The molecule has 9 heteroatoms. The van der Waals surface area contributed by atoms with Gasteiger partial charge in [-0.15, -0.1) is 0 Å². The number of nitrogens with one attached hydrogen (secondary N) is 3. The third-order valence-corrected chi connectivity index (χ3v) is 3.84. The van der Waals surface area contributed by atoms with Crippen LogP contribution in [0, 0.1) is 5.92 Å². The molecule has 1 rings (SSSR count). The lowest BCUT2D eigenvalue weighted by atomic mass is 10.0. The Morgan fingerprint density at radius 1 is 1.14 bits per heavy atom. The van der Waals surface area contributed by atoms with E-state index in [0.717, 1.165) is 0 Å². The predicted octanol–water partition coefficient (Wildman–Crippen LogP) is 1.51. The number of alkyl carbamates (subject to hydrolysis) is 1. The molecule has 1 aromatic heterocycles. The van der Waals surface area contributed by atoms with Gasteiger partial charge in [-0.3, -0.25) is 9.59 Å². The number of carbonyl (C=O) groups excluding carboxylic acids is 3. The number of pyridine rings is 1. The number of aromatic nitrogens is 1. The second-order valence-corrected chi connectivity index (χ2v) is 8.14. The molecule has 0 aliphatic carbocycles. The summed E-state index contributed by atoms with van der Waals surface area (Å²) in [4.78, 5) is 51.5. The molecule has 0 saturated carbocycles. The van der Waals surface area contributed by atoms with E-state index in [0.29, 0.717) is 12.0 Å². The van der Waals surface area contributed by atoms with Gasteiger partial charge < -0.3 is 25.1 Å². The SMILES string of the molecule is COC(=O)C(Cc1ccc[nH]c1=O)NC(=O)[C@H](CC(C)C)NC(=O)OC(C)(C)C. The Bertz CT molecular complexity index is 766. The Kier molecular flexibility index (Phi) is 8.87. The molecule has 1 unspecified atom stereocenters. The fourth-order valence-electron chi connectivity index (χ4n) is 2.60. The van der Waals surface area contributed by atoms with Crippen LogP contribution < -0.4 is 16.2 Å². The van der Waals surface area contributed by atoms with Crippen LogP contribution in [-0.2, 0) is 25.5 Å². The lowest BCUT2D eigenvalue weighted by Gasteiger charge is -2.25. The molecule has 1 heterocycles. The van der Waals surface area contributed by atoms with Crippen molar-refractivity contribution in [3.63, 3.8) is 0 Å². The van der Waals surface area contributed by atoms with Crippen molar-refractivity contribution in [2.45, 2.75) is 65.1 Å². The zero-order chi connectivity index (χ0) is 22.2. The first-order chi connectivity index (χ1) is 13.4. The lowest BCUT2D eigenvalue weighted by Crippen LogP contribution is -2.53. The fraction of sp³-hybridized carbons (Fsp3) is 0.600. The molecule has 0 aromatic carbocycles. The molecule has 0 aliphatic rings. The minimum atomic E-state index is -1.08. The molecular weight excluding hydrogens is 378 g/mol. The smallest absolute Gasteiger partial charge is 0.408 e. The number of methoxy groups -OCH3 is 1. The second kappa shape index (κ2) is 10.6. The number of amides is 2. The summed E-state index contributed by atoms with van der Waals surface area (Å²) < 4.78 is 9.97. The largest absolute Gasteiger partial charge is 0.467 e. The van der Waals surface area contributed by atoms with Crippen LogP contribution in [0.1, 0.15) is 46.6 Å². The maximum atomic E-state index is 12.8. The maximum absolute atomic E-state index is 12.8. The monoisotopic (exact) mass is 409 g/mol. The molecule has 0 aliphatic heterocycles. The third-order valence-electron chi connectivity index (χ3n) is 3.84. The Labute approximate surface area is 170 Å². The van der Waals surface area contributed by atoms with Gasteiger partial charge in [-0.05, 0) is 39.2 Å². The highest BCUT2D eigenvalue weighted by Gasteiger charge is 2.29. The van der Waals surface area contributed by atoms with Crippen LogP contribution in [0.15, 0.2) is 23.1 Å². The Hall–Kier alpha value is -2.84. The van der Waals surface area contributed by atoms with Crippen molar-refractivity contribution in [1.82, 2.24) is 15.6 Å². The summed E-state index contributed by atoms with van der Waals surface area (Å²) in [7, 11) is 1.20. The van der Waals surface area contributed by atoms with E-state index in [4.69, 9.17) is 9.47 Å². The van der Waals surface area contributed by atoms with Gasteiger partial charge in [-0.2, -0.15) is 0 Å². The van der Waals surface area contributed by atoms with Gasteiger partial charge in [-0.25, -0.2) is 9.59 Å². The number of hydrogen-bond acceptors (Lipinski definition) is 6. The second-order valence-electron chi connectivity index (χ2n) is 8.14. The Balaban J connectivity index is 2.96. The van der Waals surface area contributed by atoms with Crippen molar-refractivity contribution in [3.8, 4) is 0 Å². The van der Waals surface area contributed by atoms with Crippen molar-refractivity contribution >= 4 is 18.0 Å². The van der Waals surface area contributed by atoms with Gasteiger partial charge in [0, 0.05) is 18.2 Å². The maximum Gasteiger partial charge on any atom is 0.408 e. The quantitative estimate of drug-likeness (QED) is 0.559. The Morgan fingerprint density at radius 2 is 1.79 bits per heavy atom. The molecule has 0 fully saturated rings. The third kappa shape index (κ3) is 8.80. The topological polar surface area (TPSA) is 127 Å². The van der Waals surface area contributed by atoms with Crippen molar-refractivity contribution in [3.05, 3.63) is 34.2 Å². The minimum absolute atomic E-state index is 0.0462. The Morgan fingerprint density at radius 3 is 2.31 bits per heavy atom. The summed E-state index contributed by atoms with van der Waals surface area (Å²) in [5.41, 5.74) is -0.754. The average molecular weight is 409 g/mol.